The summed E-state index contributed by atoms with van der Waals surface area (Å²) in [4.78, 5) is 27.8. The maximum atomic E-state index is 13.7. The van der Waals surface area contributed by atoms with Crippen molar-refractivity contribution in [3.05, 3.63) is 95.0 Å². The average molecular weight is 558 g/mol. The Labute approximate surface area is 214 Å². The first kappa shape index (κ1) is 26.4. The Bertz CT molecular complexity index is 1250. The maximum absolute atomic E-state index is 13.7. The van der Waals surface area contributed by atoms with E-state index in [4.69, 9.17) is 0 Å². The van der Waals surface area contributed by atoms with Crippen molar-refractivity contribution in [3.63, 3.8) is 0 Å². The van der Waals surface area contributed by atoms with Crippen LogP contribution in [-0.4, -0.2) is 44.3 Å². The molecule has 3 rings (SSSR count). The van der Waals surface area contributed by atoms with Crippen LogP contribution < -0.4 is 9.62 Å². The predicted molar refractivity (Wildman–Crippen MR) is 140 cm³/mol. The fourth-order valence-electron chi connectivity index (χ4n) is 3.58. The lowest BCUT2D eigenvalue weighted by atomic mass is 10.1. The highest BCUT2D eigenvalue weighted by Gasteiger charge is 2.32. The standard InChI is InChI=1S/C26H28BrN3O4S/c1-3-28-26(32)20(2)29(18-21-11-10-12-22(27)17-21)25(31)19-30(23-13-6-4-7-14-23)35(33,34)24-15-8-5-9-16-24/h4-17,20H,3,18-19H2,1-2H3,(H,28,32)/t20-/m0/s1. The van der Waals surface area contributed by atoms with Crippen molar-refractivity contribution < 1.29 is 18.0 Å². The van der Waals surface area contributed by atoms with Crippen molar-refractivity contribution in [2.75, 3.05) is 17.4 Å². The first-order chi connectivity index (χ1) is 16.7. The van der Waals surface area contributed by atoms with E-state index in [1.165, 1.54) is 17.0 Å². The molecule has 0 heterocycles. The third-order valence-electron chi connectivity index (χ3n) is 5.41. The molecule has 0 saturated carbocycles. The monoisotopic (exact) mass is 557 g/mol. The third-order valence-corrected chi connectivity index (χ3v) is 7.70. The second kappa shape index (κ2) is 12.0. The van der Waals surface area contributed by atoms with Gasteiger partial charge < -0.3 is 10.2 Å². The highest BCUT2D eigenvalue weighted by atomic mass is 79.9. The molecule has 2 amide bonds. The molecule has 9 heteroatoms. The molecule has 0 aliphatic carbocycles. The average Bonchev–Trinajstić information content (AvgIpc) is 2.86. The molecule has 0 unspecified atom stereocenters. The molecule has 35 heavy (non-hydrogen) atoms. The van der Waals surface area contributed by atoms with E-state index in [-0.39, 0.29) is 17.3 Å². The van der Waals surface area contributed by atoms with E-state index < -0.39 is 28.5 Å². The summed E-state index contributed by atoms with van der Waals surface area (Å²) in [6, 6.07) is 23.1. The molecule has 0 aromatic heterocycles. The molecule has 0 radical (unpaired) electrons. The van der Waals surface area contributed by atoms with Crippen LogP contribution in [0.5, 0.6) is 0 Å². The van der Waals surface area contributed by atoms with Crippen molar-refractivity contribution in [2.24, 2.45) is 0 Å². The lowest BCUT2D eigenvalue weighted by Crippen LogP contribution is -2.51. The number of halogens is 1. The highest BCUT2D eigenvalue weighted by molar-refractivity contribution is 9.10. The Kier molecular flexibility index (Phi) is 9.06. The van der Waals surface area contributed by atoms with E-state index in [0.717, 1.165) is 14.3 Å². The fourth-order valence-corrected chi connectivity index (χ4v) is 5.46. The minimum Gasteiger partial charge on any atom is -0.355 e. The van der Waals surface area contributed by atoms with Crippen molar-refractivity contribution in [1.82, 2.24) is 10.2 Å². The number of hydrogen-bond acceptors (Lipinski definition) is 4. The summed E-state index contributed by atoms with van der Waals surface area (Å²) in [5.74, 6) is -0.805. The quantitative estimate of drug-likeness (QED) is 0.404. The third kappa shape index (κ3) is 6.70. The summed E-state index contributed by atoms with van der Waals surface area (Å²) in [6.45, 7) is 3.54. The Balaban J connectivity index is 1.99. The lowest BCUT2D eigenvalue weighted by molar-refractivity contribution is -0.139. The molecule has 0 aliphatic heterocycles. The summed E-state index contributed by atoms with van der Waals surface area (Å²) in [5, 5.41) is 2.74. The van der Waals surface area contributed by atoms with Gasteiger partial charge in [0, 0.05) is 17.6 Å². The minimum atomic E-state index is -4.04. The summed E-state index contributed by atoms with van der Waals surface area (Å²) >= 11 is 3.43. The number of rotatable bonds is 10. The fraction of sp³-hybridized carbons (Fsp3) is 0.231. The van der Waals surface area contributed by atoms with Gasteiger partial charge in [-0.3, -0.25) is 13.9 Å². The number of nitrogens with zero attached hydrogens (tertiary/aromatic N) is 2. The second-order valence-electron chi connectivity index (χ2n) is 7.88. The van der Waals surface area contributed by atoms with Gasteiger partial charge in [-0.15, -0.1) is 0 Å². The van der Waals surface area contributed by atoms with Gasteiger partial charge in [-0.1, -0.05) is 64.5 Å². The number of hydrogen-bond donors (Lipinski definition) is 1. The van der Waals surface area contributed by atoms with Crippen molar-refractivity contribution in [2.45, 2.75) is 31.3 Å². The number of carbonyl (C=O) groups excluding carboxylic acids is 2. The molecular formula is C26H28BrN3O4S. The van der Waals surface area contributed by atoms with Gasteiger partial charge >= 0.3 is 0 Å². The zero-order chi connectivity index (χ0) is 25.4. The van der Waals surface area contributed by atoms with Crippen LogP contribution in [0.3, 0.4) is 0 Å². The summed E-state index contributed by atoms with van der Waals surface area (Å²) in [5.41, 5.74) is 1.17. The number of nitrogens with one attached hydrogen (secondary N) is 1. The van der Waals surface area contributed by atoms with E-state index in [0.29, 0.717) is 12.2 Å². The first-order valence-electron chi connectivity index (χ1n) is 11.2. The maximum Gasteiger partial charge on any atom is 0.264 e. The van der Waals surface area contributed by atoms with Crippen LogP contribution in [0.25, 0.3) is 0 Å². The molecule has 3 aromatic carbocycles. The molecule has 0 aliphatic rings. The van der Waals surface area contributed by atoms with Crippen molar-refractivity contribution in [1.29, 1.82) is 0 Å². The summed E-state index contributed by atoms with van der Waals surface area (Å²) in [7, 11) is -4.04. The molecule has 0 fully saturated rings. The Morgan fingerprint density at radius 1 is 0.943 bits per heavy atom. The van der Waals surface area contributed by atoms with E-state index in [1.54, 1.807) is 62.4 Å². The molecule has 7 nitrogen and oxygen atoms in total. The number of carbonyl (C=O) groups is 2. The van der Waals surface area contributed by atoms with Gasteiger partial charge in [-0.05, 0) is 55.8 Å². The molecule has 3 aromatic rings. The number of likely N-dealkylation sites (N-methyl/N-ethyl adjacent to an activating group) is 1. The van der Waals surface area contributed by atoms with Crippen LogP contribution in [-0.2, 0) is 26.2 Å². The van der Waals surface area contributed by atoms with E-state index in [2.05, 4.69) is 21.2 Å². The molecule has 0 spiro atoms. The highest BCUT2D eigenvalue weighted by Crippen LogP contribution is 2.24. The zero-order valence-corrected chi connectivity index (χ0v) is 22.0. The van der Waals surface area contributed by atoms with Gasteiger partial charge in [0.25, 0.3) is 10.0 Å². The van der Waals surface area contributed by atoms with Crippen LogP contribution in [0, 0.1) is 0 Å². The second-order valence-corrected chi connectivity index (χ2v) is 10.7. The topological polar surface area (TPSA) is 86.8 Å². The normalized spacial score (nSPS) is 12.0. The largest absolute Gasteiger partial charge is 0.355 e. The molecule has 1 atom stereocenters. The van der Waals surface area contributed by atoms with E-state index in [9.17, 15) is 18.0 Å². The summed E-state index contributed by atoms with van der Waals surface area (Å²) in [6.07, 6.45) is 0. The van der Waals surface area contributed by atoms with Crippen LogP contribution >= 0.6 is 15.9 Å². The van der Waals surface area contributed by atoms with Crippen LogP contribution in [0.2, 0.25) is 0 Å². The van der Waals surface area contributed by atoms with E-state index >= 15 is 0 Å². The van der Waals surface area contributed by atoms with Gasteiger partial charge in [-0.25, -0.2) is 8.42 Å². The molecule has 0 saturated heterocycles. The van der Waals surface area contributed by atoms with E-state index in [1.807, 2.05) is 24.3 Å². The Hall–Kier alpha value is -3.17. The van der Waals surface area contributed by atoms with Gasteiger partial charge in [0.1, 0.15) is 12.6 Å². The minimum absolute atomic E-state index is 0.0759. The predicted octanol–water partition coefficient (Wildman–Crippen LogP) is 4.20. The van der Waals surface area contributed by atoms with Gasteiger partial charge in [0.15, 0.2) is 0 Å². The van der Waals surface area contributed by atoms with Gasteiger partial charge in [0.2, 0.25) is 11.8 Å². The van der Waals surface area contributed by atoms with Crippen molar-refractivity contribution >= 4 is 43.5 Å². The van der Waals surface area contributed by atoms with Crippen LogP contribution in [0.4, 0.5) is 5.69 Å². The number of sulfonamides is 1. The molecule has 1 N–H and O–H groups in total. The van der Waals surface area contributed by atoms with Crippen LogP contribution in [0.15, 0.2) is 94.3 Å². The van der Waals surface area contributed by atoms with Gasteiger partial charge in [0.05, 0.1) is 10.6 Å². The Morgan fingerprint density at radius 3 is 2.17 bits per heavy atom. The number of amides is 2. The van der Waals surface area contributed by atoms with Crippen molar-refractivity contribution in [3.8, 4) is 0 Å². The number of benzene rings is 3. The molecular weight excluding hydrogens is 530 g/mol. The number of para-hydroxylation sites is 1. The smallest absolute Gasteiger partial charge is 0.264 e. The molecule has 184 valence electrons. The Morgan fingerprint density at radius 2 is 1.57 bits per heavy atom. The summed E-state index contributed by atoms with van der Waals surface area (Å²) < 4.78 is 29.1. The molecule has 0 bridgehead atoms. The van der Waals surface area contributed by atoms with Crippen LogP contribution in [0.1, 0.15) is 19.4 Å². The first-order valence-corrected chi connectivity index (χ1v) is 13.4. The zero-order valence-electron chi connectivity index (χ0n) is 19.6. The SMILES string of the molecule is CCNC(=O)[C@H](C)N(Cc1cccc(Br)c1)C(=O)CN(c1ccccc1)S(=O)(=O)c1ccccc1. The lowest BCUT2D eigenvalue weighted by Gasteiger charge is -2.32. The van der Waals surface area contributed by atoms with Gasteiger partial charge in [-0.2, -0.15) is 0 Å². The number of anilines is 1.